The zero-order valence-electron chi connectivity index (χ0n) is 24.1. The Morgan fingerprint density at radius 3 is 2.24 bits per heavy atom. The van der Waals surface area contributed by atoms with Crippen molar-refractivity contribution in [3.05, 3.63) is 36.0 Å². The fourth-order valence-electron chi connectivity index (χ4n) is 4.39. The molecule has 0 aliphatic heterocycles. The summed E-state index contributed by atoms with van der Waals surface area (Å²) in [5.41, 5.74) is 18.8. The SMILES string of the molecule is CCC(C)C(NC(=O)C(N)Cc1c[nH]c2ccccc12)C(=O)NC(CCCN=C(N)N)C(=O)NC(C(=O)O)C(C)C. The van der Waals surface area contributed by atoms with Crippen molar-refractivity contribution >= 4 is 40.6 Å². The first kappa shape index (κ1) is 33.1. The fraction of sp³-hybridized carbons (Fsp3) is 0.536. The number of para-hydroxylation sites is 1. The van der Waals surface area contributed by atoms with Crippen molar-refractivity contribution in [2.24, 2.45) is 34.0 Å². The number of guanidine groups is 1. The number of benzene rings is 1. The number of carbonyl (C=O) groups excluding carboxylic acids is 3. The molecule has 13 nitrogen and oxygen atoms in total. The zero-order chi connectivity index (χ0) is 30.7. The molecule has 0 bridgehead atoms. The number of aromatic amines is 1. The highest BCUT2D eigenvalue weighted by Gasteiger charge is 2.33. The van der Waals surface area contributed by atoms with Crippen molar-refractivity contribution in [3.63, 3.8) is 0 Å². The molecule has 11 N–H and O–H groups in total. The smallest absolute Gasteiger partial charge is 0.326 e. The van der Waals surface area contributed by atoms with Crippen LogP contribution in [0.25, 0.3) is 10.9 Å². The van der Waals surface area contributed by atoms with Gasteiger partial charge in [-0.25, -0.2) is 4.79 Å². The molecule has 0 fully saturated rings. The highest BCUT2D eigenvalue weighted by molar-refractivity contribution is 5.94. The van der Waals surface area contributed by atoms with Crippen molar-refractivity contribution in [1.29, 1.82) is 0 Å². The summed E-state index contributed by atoms with van der Waals surface area (Å²) in [6.07, 6.45) is 3.10. The van der Waals surface area contributed by atoms with Crippen molar-refractivity contribution in [2.45, 2.75) is 77.5 Å². The van der Waals surface area contributed by atoms with Gasteiger partial charge < -0.3 is 43.2 Å². The van der Waals surface area contributed by atoms with Crippen LogP contribution >= 0.6 is 0 Å². The number of hydrogen-bond acceptors (Lipinski definition) is 6. The second kappa shape index (κ2) is 15.6. The minimum Gasteiger partial charge on any atom is -0.480 e. The summed E-state index contributed by atoms with van der Waals surface area (Å²) in [5.74, 6) is -3.71. The van der Waals surface area contributed by atoms with Crippen LogP contribution in [0.15, 0.2) is 35.5 Å². The number of nitrogens with two attached hydrogens (primary N) is 3. The first-order chi connectivity index (χ1) is 19.3. The van der Waals surface area contributed by atoms with Crippen molar-refractivity contribution < 1.29 is 24.3 Å². The maximum atomic E-state index is 13.5. The number of aromatic nitrogens is 1. The molecular weight excluding hydrogens is 528 g/mol. The van der Waals surface area contributed by atoms with E-state index in [1.807, 2.05) is 44.3 Å². The highest BCUT2D eigenvalue weighted by atomic mass is 16.4. The maximum Gasteiger partial charge on any atom is 0.326 e. The van der Waals surface area contributed by atoms with E-state index in [0.29, 0.717) is 12.8 Å². The summed E-state index contributed by atoms with van der Waals surface area (Å²) >= 11 is 0. The highest BCUT2D eigenvalue weighted by Crippen LogP contribution is 2.19. The molecule has 0 saturated carbocycles. The molecule has 3 amide bonds. The first-order valence-corrected chi connectivity index (χ1v) is 13.9. The van der Waals surface area contributed by atoms with E-state index in [4.69, 9.17) is 17.2 Å². The van der Waals surface area contributed by atoms with Gasteiger partial charge in [0.05, 0.1) is 6.04 Å². The Labute approximate surface area is 240 Å². The quantitative estimate of drug-likeness (QED) is 0.0791. The average molecular weight is 573 g/mol. The number of carbonyl (C=O) groups is 4. The minimum atomic E-state index is -1.19. The van der Waals surface area contributed by atoms with Crippen LogP contribution in [0.1, 0.15) is 52.5 Å². The second-order valence-corrected chi connectivity index (χ2v) is 10.6. The summed E-state index contributed by atoms with van der Waals surface area (Å²) in [5, 5.41) is 18.4. The van der Waals surface area contributed by atoms with Crippen LogP contribution in [0.4, 0.5) is 0 Å². The third kappa shape index (κ3) is 9.78. The van der Waals surface area contributed by atoms with Gasteiger partial charge in [-0.2, -0.15) is 0 Å². The van der Waals surface area contributed by atoms with Gasteiger partial charge in [0.25, 0.3) is 0 Å². The predicted octanol–water partition coefficient (Wildman–Crippen LogP) is 0.332. The number of amides is 3. The largest absolute Gasteiger partial charge is 0.480 e. The number of hydrogen-bond donors (Lipinski definition) is 8. The Hall–Kier alpha value is -4.13. The Morgan fingerprint density at radius 1 is 0.976 bits per heavy atom. The van der Waals surface area contributed by atoms with Gasteiger partial charge in [-0.05, 0) is 42.7 Å². The van der Waals surface area contributed by atoms with Gasteiger partial charge in [0, 0.05) is 23.6 Å². The average Bonchev–Trinajstić information content (AvgIpc) is 3.33. The molecule has 0 aliphatic rings. The molecule has 1 heterocycles. The van der Waals surface area contributed by atoms with Gasteiger partial charge in [0.1, 0.15) is 18.1 Å². The van der Waals surface area contributed by atoms with E-state index in [9.17, 15) is 24.3 Å². The molecule has 0 radical (unpaired) electrons. The van der Waals surface area contributed by atoms with Crippen LogP contribution in [0.3, 0.4) is 0 Å². The van der Waals surface area contributed by atoms with Gasteiger partial charge in [0.15, 0.2) is 5.96 Å². The predicted molar refractivity (Wildman–Crippen MR) is 158 cm³/mol. The summed E-state index contributed by atoms with van der Waals surface area (Å²) in [7, 11) is 0. The van der Waals surface area contributed by atoms with E-state index in [1.54, 1.807) is 13.8 Å². The van der Waals surface area contributed by atoms with E-state index in [-0.39, 0.29) is 37.2 Å². The van der Waals surface area contributed by atoms with Gasteiger partial charge in [-0.15, -0.1) is 0 Å². The Morgan fingerprint density at radius 2 is 1.63 bits per heavy atom. The fourth-order valence-corrected chi connectivity index (χ4v) is 4.39. The Bertz CT molecular complexity index is 1220. The lowest BCUT2D eigenvalue weighted by atomic mass is 9.96. The normalized spacial score (nSPS) is 14.9. The van der Waals surface area contributed by atoms with E-state index in [0.717, 1.165) is 16.5 Å². The van der Waals surface area contributed by atoms with Gasteiger partial charge >= 0.3 is 5.97 Å². The van der Waals surface area contributed by atoms with Crippen LogP contribution in [0, 0.1) is 11.8 Å². The molecule has 5 atom stereocenters. The summed E-state index contributed by atoms with van der Waals surface area (Å²) in [6.45, 7) is 7.23. The number of carboxylic acid groups (broad SMARTS) is 1. The van der Waals surface area contributed by atoms with E-state index < -0.39 is 47.9 Å². The molecule has 2 aromatic rings. The molecule has 1 aromatic heterocycles. The summed E-state index contributed by atoms with van der Waals surface area (Å²) in [6, 6.07) is 3.55. The Kier molecular flexibility index (Phi) is 12.6. The lowest BCUT2D eigenvalue weighted by Gasteiger charge is -2.28. The summed E-state index contributed by atoms with van der Waals surface area (Å²) in [4.78, 5) is 58.4. The first-order valence-electron chi connectivity index (χ1n) is 13.9. The van der Waals surface area contributed by atoms with Gasteiger partial charge in [-0.1, -0.05) is 52.3 Å². The molecule has 41 heavy (non-hydrogen) atoms. The van der Waals surface area contributed by atoms with Gasteiger partial charge in [-0.3, -0.25) is 19.4 Å². The third-order valence-corrected chi connectivity index (χ3v) is 7.05. The topological polar surface area (TPSA) is 231 Å². The minimum absolute atomic E-state index is 0.107. The van der Waals surface area contributed by atoms with Crippen LogP contribution in [0.2, 0.25) is 0 Å². The zero-order valence-corrected chi connectivity index (χ0v) is 24.1. The second-order valence-electron chi connectivity index (χ2n) is 10.6. The molecule has 226 valence electrons. The summed E-state index contributed by atoms with van der Waals surface area (Å²) < 4.78 is 0. The van der Waals surface area contributed by atoms with Crippen LogP contribution < -0.4 is 33.2 Å². The number of rotatable bonds is 16. The maximum absolute atomic E-state index is 13.5. The molecule has 0 spiro atoms. The molecule has 13 heteroatoms. The number of fused-ring (bicyclic) bond motifs is 1. The standard InChI is InChI=1S/C28H44N8O5/c1-5-16(4)23(36-24(37)19(29)13-17-14-33-20-10-7-6-9-18(17)20)26(39)34-21(11-8-12-32-28(30)31)25(38)35-22(15(2)3)27(40)41/h6-7,9-10,14-16,19,21-23,33H,5,8,11-13,29H2,1-4H3,(H,34,39)(H,35,38)(H,36,37)(H,40,41)(H4,30,31,32). The molecular formula is C28H44N8O5. The lowest BCUT2D eigenvalue weighted by molar-refractivity contribution is -0.143. The van der Waals surface area contributed by atoms with Crippen LogP contribution in [-0.4, -0.2) is 70.5 Å². The van der Waals surface area contributed by atoms with E-state index in [2.05, 4.69) is 25.9 Å². The van der Waals surface area contributed by atoms with Crippen LogP contribution in [-0.2, 0) is 25.6 Å². The van der Waals surface area contributed by atoms with E-state index >= 15 is 0 Å². The number of nitrogens with zero attached hydrogens (tertiary/aromatic N) is 1. The molecule has 1 aromatic carbocycles. The molecule has 0 aliphatic carbocycles. The number of aliphatic carboxylic acids is 1. The number of carboxylic acids is 1. The monoisotopic (exact) mass is 572 g/mol. The van der Waals surface area contributed by atoms with Crippen molar-refractivity contribution in [3.8, 4) is 0 Å². The molecule has 0 saturated heterocycles. The number of H-pyrrole nitrogens is 1. The van der Waals surface area contributed by atoms with Crippen molar-refractivity contribution in [2.75, 3.05) is 6.54 Å². The number of nitrogens with one attached hydrogen (secondary N) is 4. The van der Waals surface area contributed by atoms with Crippen LogP contribution in [0.5, 0.6) is 0 Å². The lowest BCUT2D eigenvalue weighted by Crippen LogP contribution is -2.59. The van der Waals surface area contributed by atoms with Crippen molar-refractivity contribution in [1.82, 2.24) is 20.9 Å². The third-order valence-electron chi connectivity index (χ3n) is 7.05. The Balaban J connectivity index is 2.17. The molecule has 5 unspecified atom stereocenters. The van der Waals surface area contributed by atoms with E-state index in [1.165, 1.54) is 0 Å². The number of aliphatic imine (C=N–C) groups is 1. The molecule has 2 rings (SSSR count). The van der Waals surface area contributed by atoms with Gasteiger partial charge in [0.2, 0.25) is 17.7 Å².